The molecule has 0 aliphatic heterocycles. The number of carbonyl (C=O) groups excluding carboxylic acids is 1. The van der Waals surface area contributed by atoms with Crippen molar-refractivity contribution in [2.75, 3.05) is 27.2 Å². The quantitative estimate of drug-likeness (QED) is 0.812. The maximum atomic E-state index is 12.0. The van der Waals surface area contributed by atoms with Gasteiger partial charge in [-0.25, -0.2) is 0 Å². The number of nitrogens with two attached hydrogens (primary N) is 1. The zero-order valence-corrected chi connectivity index (χ0v) is 9.77. The van der Waals surface area contributed by atoms with Crippen molar-refractivity contribution in [2.45, 2.75) is 6.42 Å². The van der Waals surface area contributed by atoms with Crippen LogP contribution in [0.5, 0.6) is 5.75 Å². The Balaban J connectivity index is 2.79. The molecule has 0 spiro atoms. The van der Waals surface area contributed by atoms with E-state index in [4.69, 9.17) is 10.5 Å². The van der Waals surface area contributed by atoms with Gasteiger partial charge in [0.1, 0.15) is 5.75 Å². The summed E-state index contributed by atoms with van der Waals surface area (Å²) in [7, 11) is 3.33. The summed E-state index contributed by atoms with van der Waals surface area (Å²) in [5.41, 5.74) is 6.00. The fraction of sp³-hybridized carbons (Fsp3) is 0.417. The minimum atomic E-state index is -0.0362. The van der Waals surface area contributed by atoms with Crippen LogP contribution in [0.3, 0.4) is 0 Å². The number of carbonyl (C=O) groups is 1. The molecule has 0 unspecified atom stereocenters. The van der Waals surface area contributed by atoms with Crippen LogP contribution >= 0.6 is 0 Å². The Kier molecular flexibility index (Phi) is 4.79. The molecule has 0 aliphatic carbocycles. The Labute approximate surface area is 96.0 Å². The highest BCUT2D eigenvalue weighted by Crippen LogP contribution is 2.18. The first kappa shape index (κ1) is 12.5. The van der Waals surface area contributed by atoms with Crippen LogP contribution in [-0.4, -0.2) is 38.1 Å². The van der Waals surface area contributed by atoms with Crippen molar-refractivity contribution < 1.29 is 9.53 Å². The Morgan fingerprint density at radius 1 is 1.44 bits per heavy atom. The molecule has 0 atom stereocenters. The van der Waals surface area contributed by atoms with Gasteiger partial charge in [-0.05, 0) is 25.1 Å². The number of benzene rings is 1. The van der Waals surface area contributed by atoms with Crippen LogP contribution in [0.1, 0.15) is 16.8 Å². The van der Waals surface area contributed by atoms with Gasteiger partial charge in [0.05, 0.1) is 12.7 Å². The van der Waals surface area contributed by atoms with E-state index < -0.39 is 0 Å². The van der Waals surface area contributed by atoms with E-state index in [0.29, 0.717) is 24.4 Å². The van der Waals surface area contributed by atoms with Crippen LogP contribution in [0.15, 0.2) is 24.3 Å². The smallest absolute Gasteiger partial charge is 0.257 e. The fourth-order valence-electron chi connectivity index (χ4n) is 1.46. The molecule has 0 saturated carbocycles. The lowest BCUT2D eigenvalue weighted by atomic mass is 10.1. The van der Waals surface area contributed by atoms with Crippen LogP contribution in [0.4, 0.5) is 0 Å². The summed E-state index contributed by atoms with van der Waals surface area (Å²) in [6.45, 7) is 1.25. The Hall–Kier alpha value is -1.55. The standard InChI is InChI=1S/C12H18N2O2/c1-14(9-5-8-13)12(15)10-6-3-4-7-11(10)16-2/h3-4,6-7H,5,8-9,13H2,1-2H3. The van der Waals surface area contributed by atoms with E-state index in [1.54, 1.807) is 31.2 Å². The highest BCUT2D eigenvalue weighted by Gasteiger charge is 2.15. The van der Waals surface area contributed by atoms with E-state index in [2.05, 4.69) is 0 Å². The predicted octanol–water partition coefficient (Wildman–Crippen LogP) is 1.12. The molecule has 1 amide bonds. The third-order valence-electron chi connectivity index (χ3n) is 2.38. The number of hydrogen-bond acceptors (Lipinski definition) is 3. The number of amides is 1. The first-order chi connectivity index (χ1) is 7.70. The minimum absolute atomic E-state index is 0.0362. The fourth-order valence-corrected chi connectivity index (χ4v) is 1.46. The van der Waals surface area contributed by atoms with Crippen molar-refractivity contribution in [2.24, 2.45) is 5.73 Å². The molecule has 1 rings (SSSR count). The zero-order chi connectivity index (χ0) is 12.0. The lowest BCUT2D eigenvalue weighted by molar-refractivity contribution is 0.0791. The summed E-state index contributed by atoms with van der Waals surface area (Å²) >= 11 is 0. The number of para-hydroxylation sites is 1. The van der Waals surface area contributed by atoms with Crippen molar-refractivity contribution >= 4 is 5.91 Å². The maximum absolute atomic E-state index is 12.0. The van der Waals surface area contributed by atoms with Gasteiger partial charge in [-0.3, -0.25) is 4.79 Å². The highest BCUT2D eigenvalue weighted by atomic mass is 16.5. The molecule has 88 valence electrons. The van der Waals surface area contributed by atoms with Crippen molar-refractivity contribution in [3.8, 4) is 5.75 Å². The molecule has 0 radical (unpaired) electrons. The summed E-state index contributed by atoms with van der Waals surface area (Å²) in [5, 5.41) is 0. The molecule has 0 saturated heterocycles. The molecule has 2 N–H and O–H groups in total. The molecular weight excluding hydrogens is 204 g/mol. The topological polar surface area (TPSA) is 55.6 Å². The highest BCUT2D eigenvalue weighted by molar-refractivity contribution is 5.96. The van der Waals surface area contributed by atoms with Gasteiger partial charge in [0.15, 0.2) is 0 Å². The molecule has 4 nitrogen and oxygen atoms in total. The Bertz CT molecular complexity index is 353. The lowest BCUT2D eigenvalue weighted by Gasteiger charge is -2.18. The SMILES string of the molecule is COc1ccccc1C(=O)N(C)CCCN. The molecule has 0 heterocycles. The first-order valence-electron chi connectivity index (χ1n) is 5.29. The number of rotatable bonds is 5. The van der Waals surface area contributed by atoms with Crippen molar-refractivity contribution in [1.82, 2.24) is 4.90 Å². The van der Waals surface area contributed by atoms with Crippen LogP contribution in [0, 0.1) is 0 Å². The molecule has 0 bridgehead atoms. The number of methoxy groups -OCH3 is 1. The molecule has 0 aliphatic rings. The second-order valence-corrected chi connectivity index (χ2v) is 3.57. The van der Waals surface area contributed by atoms with Crippen molar-refractivity contribution in [3.05, 3.63) is 29.8 Å². The zero-order valence-electron chi connectivity index (χ0n) is 9.77. The molecule has 16 heavy (non-hydrogen) atoms. The summed E-state index contributed by atoms with van der Waals surface area (Å²) in [5.74, 6) is 0.568. The van der Waals surface area contributed by atoms with E-state index in [-0.39, 0.29) is 5.91 Å². The summed E-state index contributed by atoms with van der Waals surface area (Å²) in [6.07, 6.45) is 0.803. The normalized spacial score (nSPS) is 9.94. The third kappa shape index (κ3) is 2.97. The second kappa shape index (κ2) is 6.12. The van der Waals surface area contributed by atoms with E-state index in [9.17, 15) is 4.79 Å². The summed E-state index contributed by atoms with van der Waals surface area (Å²) in [4.78, 5) is 13.7. The number of ether oxygens (including phenoxy) is 1. The van der Waals surface area contributed by atoms with Crippen LogP contribution < -0.4 is 10.5 Å². The first-order valence-corrected chi connectivity index (χ1v) is 5.29. The predicted molar refractivity (Wildman–Crippen MR) is 63.6 cm³/mol. The maximum Gasteiger partial charge on any atom is 0.257 e. The van der Waals surface area contributed by atoms with Gasteiger partial charge in [-0.2, -0.15) is 0 Å². The van der Waals surface area contributed by atoms with Crippen LogP contribution in [0.2, 0.25) is 0 Å². The number of nitrogens with zero attached hydrogens (tertiary/aromatic N) is 1. The average molecular weight is 222 g/mol. The largest absolute Gasteiger partial charge is 0.496 e. The van der Waals surface area contributed by atoms with E-state index >= 15 is 0 Å². The van der Waals surface area contributed by atoms with Gasteiger partial charge in [-0.15, -0.1) is 0 Å². The number of hydrogen-bond donors (Lipinski definition) is 1. The molecule has 0 aromatic heterocycles. The molecule has 1 aromatic rings. The second-order valence-electron chi connectivity index (χ2n) is 3.57. The van der Waals surface area contributed by atoms with Crippen LogP contribution in [0.25, 0.3) is 0 Å². The van der Waals surface area contributed by atoms with E-state index in [1.807, 2.05) is 12.1 Å². The van der Waals surface area contributed by atoms with Gasteiger partial charge in [0, 0.05) is 13.6 Å². The van der Waals surface area contributed by atoms with Gasteiger partial charge in [0.2, 0.25) is 0 Å². The Morgan fingerprint density at radius 3 is 2.75 bits per heavy atom. The van der Waals surface area contributed by atoms with Crippen molar-refractivity contribution in [1.29, 1.82) is 0 Å². The Morgan fingerprint density at radius 2 is 2.12 bits per heavy atom. The van der Waals surface area contributed by atoms with Gasteiger partial charge >= 0.3 is 0 Å². The van der Waals surface area contributed by atoms with Crippen LogP contribution in [-0.2, 0) is 0 Å². The average Bonchev–Trinajstić information content (AvgIpc) is 2.34. The van der Waals surface area contributed by atoms with E-state index in [0.717, 1.165) is 6.42 Å². The third-order valence-corrected chi connectivity index (χ3v) is 2.38. The van der Waals surface area contributed by atoms with Gasteiger partial charge in [0.25, 0.3) is 5.91 Å². The molecule has 4 heteroatoms. The monoisotopic (exact) mass is 222 g/mol. The van der Waals surface area contributed by atoms with Gasteiger partial charge < -0.3 is 15.4 Å². The van der Waals surface area contributed by atoms with Crippen molar-refractivity contribution in [3.63, 3.8) is 0 Å². The minimum Gasteiger partial charge on any atom is -0.496 e. The molecule has 0 fully saturated rings. The molecule has 1 aromatic carbocycles. The summed E-state index contributed by atoms with van der Waals surface area (Å²) in [6, 6.07) is 7.21. The molecular formula is C12H18N2O2. The van der Waals surface area contributed by atoms with E-state index in [1.165, 1.54) is 0 Å². The summed E-state index contributed by atoms with van der Waals surface area (Å²) < 4.78 is 5.15. The van der Waals surface area contributed by atoms with Gasteiger partial charge in [-0.1, -0.05) is 12.1 Å². The lowest BCUT2D eigenvalue weighted by Crippen LogP contribution is -2.29.